The molecule has 0 atom stereocenters. The summed E-state index contributed by atoms with van der Waals surface area (Å²) < 4.78 is 40.2. The quantitative estimate of drug-likeness (QED) is 0.683. The smallest absolute Gasteiger partial charge is 0.322 e. The number of nitrogens with one attached hydrogen (secondary N) is 1. The highest BCUT2D eigenvalue weighted by atomic mass is 35.5. The van der Waals surface area contributed by atoms with Crippen molar-refractivity contribution in [3.8, 4) is 5.69 Å². The van der Waals surface area contributed by atoms with Crippen molar-refractivity contribution in [2.45, 2.75) is 6.18 Å². The molecule has 2 aromatic carbocycles. The Morgan fingerprint density at radius 1 is 1.12 bits per heavy atom. The van der Waals surface area contributed by atoms with E-state index in [1.54, 1.807) is 12.1 Å². The van der Waals surface area contributed by atoms with Crippen molar-refractivity contribution in [2.75, 3.05) is 5.32 Å². The maximum Gasteiger partial charge on any atom is 0.417 e. The Morgan fingerprint density at radius 2 is 1.88 bits per heavy atom. The molecule has 1 heterocycles. The third kappa shape index (κ3) is 3.66. The highest BCUT2D eigenvalue weighted by Crippen LogP contribution is 2.36. The van der Waals surface area contributed by atoms with Crippen LogP contribution in [0.5, 0.6) is 0 Å². The van der Waals surface area contributed by atoms with E-state index < -0.39 is 22.7 Å². The Kier molecular flexibility index (Phi) is 4.88. The molecule has 26 heavy (non-hydrogen) atoms. The Balaban J connectivity index is 1.98. The molecule has 0 saturated carbocycles. The molecule has 3 aromatic rings. The van der Waals surface area contributed by atoms with Crippen LogP contribution in [0.15, 0.2) is 49.1 Å². The molecule has 0 aliphatic carbocycles. The summed E-state index contributed by atoms with van der Waals surface area (Å²) in [5.74, 6) is -0.698. The van der Waals surface area contributed by atoms with Crippen LogP contribution >= 0.6 is 23.2 Å². The number of carbonyl (C=O) groups is 1. The van der Waals surface area contributed by atoms with Gasteiger partial charge in [-0.3, -0.25) is 4.79 Å². The van der Waals surface area contributed by atoms with E-state index >= 15 is 0 Å². The van der Waals surface area contributed by atoms with Crippen LogP contribution in [0.1, 0.15) is 15.9 Å². The summed E-state index contributed by atoms with van der Waals surface area (Å²) in [6.07, 6.45) is -2.00. The van der Waals surface area contributed by atoms with Crippen molar-refractivity contribution in [1.29, 1.82) is 0 Å². The van der Waals surface area contributed by atoms with E-state index in [9.17, 15) is 18.0 Å². The summed E-state index contributed by atoms with van der Waals surface area (Å²) in [4.78, 5) is 16.4. The van der Waals surface area contributed by atoms with Crippen LogP contribution in [0.2, 0.25) is 10.0 Å². The summed E-state index contributed by atoms with van der Waals surface area (Å²) in [7, 11) is 0. The lowest BCUT2D eigenvalue weighted by Gasteiger charge is -2.14. The monoisotopic (exact) mass is 400 g/mol. The minimum absolute atomic E-state index is 0.0446. The van der Waals surface area contributed by atoms with Gasteiger partial charge in [-0.1, -0.05) is 29.3 Å². The molecule has 0 radical (unpaired) electrons. The zero-order valence-electron chi connectivity index (χ0n) is 12.8. The van der Waals surface area contributed by atoms with E-state index in [4.69, 9.17) is 23.2 Å². The molecule has 1 N–H and O–H groups in total. The predicted molar refractivity (Wildman–Crippen MR) is 90.8 cm³/mol. The van der Waals surface area contributed by atoms with Crippen molar-refractivity contribution >= 4 is 34.8 Å². The topological polar surface area (TPSA) is 59.8 Å². The first kappa shape index (κ1) is 18.2. The van der Waals surface area contributed by atoms with Gasteiger partial charge >= 0.3 is 6.18 Å². The normalized spacial score (nSPS) is 11.4. The Hall–Kier alpha value is -2.58. The van der Waals surface area contributed by atoms with E-state index in [2.05, 4.69) is 15.4 Å². The minimum Gasteiger partial charge on any atom is -0.322 e. The van der Waals surface area contributed by atoms with E-state index in [-0.39, 0.29) is 16.3 Å². The SMILES string of the molecule is O=C(Nc1ccc(Cl)c(C(F)(F)F)c1)c1c(Cl)cccc1-n1cncn1. The number of nitrogens with zero attached hydrogens (tertiary/aromatic N) is 3. The van der Waals surface area contributed by atoms with Gasteiger partial charge in [-0.25, -0.2) is 9.67 Å². The molecule has 0 spiro atoms. The molecule has 0 bridgehead atoms. The number of halogens is 5. The van der Waals surface area contributed by atoms with Crippen molar-refractivity contribution in [3.63, 3.8) is 0 Å². The zero-order chi connectivity index (χ0) is 18.9. The second-order valence-electron chi connectivity index (χ2n) is 5.12. The van der Waals surface area contributed by atoms with Crippen LogP contribution < -0.4 is 5.32 Å². The highest BCUT2D eigenvalue weighted by molar-refractivity contribution is 6.35. The molecule has 0 unspecified atom stereocenters. The van der Waals surface area contributed by atoms with Gasteiger partial charge in [-0.15, -0.1) is 0 Å². The molecule has 0 aliphatic rings. The van der Waals surface area contributed by atoms with Gasteiger partial charge in [0.15, 0.2) is 0 Å². The fourth-order valence-corrected chi connectivity index (χ4v) is 2.75. The largest absolute Gasteiger partial charge is 0.417 e. The van der Waals surface area contributed by atoms with Gasteiger partial charge in [0.2, 0.25) is 0 Å². The predicted octanol–water partition coefficient (Wildman–Crippen LogP) is 4.85. The number of amides is 1. The van der Waals surface area contributed by atoms with Crippen molar-refractivity contribution in [1.82, 2.24) is 14.8 Å². The average Bonchev–Trinajstić information content (AvgIpc) is 3.09. The first-order valence-electron chi connectivity index (χ1n) is 7.09. The third-order valence-electron chi connectivity index (χ3n) is 3.41. The van der Waals surface area contributed by atoms with E-state index in [0.29, 0.717) is 5.69 Å². The second kappa shape index (κ2) is 6.97. The maximum absolute atomic E-state index is 13.0. The number of carbonyl (C=O) groups excluding carboxylic acids is 1. The number of hydrogen-bond acceptors (Lipinski definition) is 3. The van der Waals surface area contributed by atoms with Gasteiger partial charge in [0, 0.05) is 5.69 Å². The van der Waals surface area contributed by atoms with Crippen LogP contribution in [0.3, 0.4) is 0 Å². The van der Waals surface area contributed by atoms with Gasteiger partial charge in [0.25, 0.3) is 5.91 Å². The number of aromatic nitrogens is 3. The molecule has 3 rings (SSSR count). The Morgan fingerprint density at radius 3 is 2.54 bits per heavy atom. The van der Waals surface area contributed by atoms with Crippen LogP contribution in [-0.2, 0) is 6.18 Å². The summed E-state index contributed by atoms with van der Waals surface area (Å²) in [6.45, 7) is 0. The standard InChI is InChI=1S/C16H9Cl2F3N4O/c17-11-5-4-9(6-10(11)16(19,20)21)24-15(26)14-12(18)2-1-3-13(14)25-8-22-7-23-25/h1-8H,(H,24,26). The number of alkyl halides is 3. The first-order valence-corrected chi connectivity index (χ1v) is 7.84. The third-order valence-corrected chi connectivity index (χ3v) is 4.06. The molecule has 10 heteroatoms. The molecule has 1 amide bonds. The van der Waals surface area contributed by atoms with E-state index in [1.165, 1.54) is 29.5 Å². The van der Waals surface area contributed by atoms with E-state index in [1.807, 2.05) is 0 Å². The van der Waals surface area contributed by atoms with Gasteiger partial charge < -0.3 is 5.32 Å². The number of rotatable bonds is 3. The van der Waals surface area contributed by atoms with Gasteiger partial charge in [0.1, 0.15) is 12.7 Å². The Labute approximate surface area is 155 Å². The fourth-order valence-electron chi connectivity index (χ4n) is 2.27. The first-order chi connectivity index (χ1) is 12.3. The summed E-state index contributed by atoms with van der Waals surface area (Å²) in [5, 5.41) is 5.98. The molecular formula is C16H9Cl2F3N4O. The van der Waals surface area contributed by atoms with Crippen molar-refractivity contribution < 1.29 is 18.0 Å². The molecule has 0 fully saturated rings. The van der Waals surface area contributed by atoms with Crippen molar-refractivity contribution in [3.05, 3.63) is 70.2 Å². The van der Waals surface area contributed by atoms with Crippen LogP contribution in [0.4, 0.5) is 18.9 Å². The van der Waals surface area contributed by atoms with Gasteiger partial charge in [0.05, 0.1) is 26.9 Å². The number of hydrogen-bond donors (Lipinski definition) is 1. The molecule has 0 aliphatic heterocycles. The average molecular weight is 401 g/mol. The Bertz CT molecular complexity index is 959. The molecule has 0 saturated heterocycles. The summed E-state index contributed by atoms with van der Waals surface area (Å²) in [6, 6.07) is 7.76. The molecule has 134 valence electrons. The maximum atomic E-state index is 13.0. The highest BCUT2D eigenvalue weighted by Gasteiger charge is 2.33. The minimum atomic E-state index is -4.64. The van der Waals surface area contributed by atoms with Crippen LogP contribution in [0, 0.1) is 0 Å². The molecular weight excluding hydrogens is 392 g/mol. The van der Waals surface area contributed by atoms with Crippen LogP contribution in [0.25, 0.3) is 5.69 Å². The summed E-state index contributed by atoms with van der Waals surface area (Å²) in [5.41, 5.74) is -0.746. The van der Waals surface area contributed by atoms with E-state index in [0.717, 1.165) is 12.1 Å². The number of benzene rings is 2. The van der Waals surface area contributed by atoms with Gasteiger partial charge in [-0.05, 0) is 30.3 Å². The van der Waals surface area contributed by atoms with Gasteiger partial charge in [-0.2, -0.15) is 18.3 Å². The van der Waals surface area contributed by atoms with Crippen LogP contribution in [-0.4, -0.2) is 20.7 Å². The second-order valence-corrected chi connectivity index (χ2v) is 5.93. The lowest BCUT2D eigenvalue weighted by Crippen LogP contribution is -2.17. The number of anilines is 1. The molecule has 5 nitrogen and oxygen atoms in total. The lowest BCUT2D eigenvalue weighted by molar-refractivity contribution is -0.137. The summed E-state index contributed by atoms with van der Waals surface area (Å²) >= 11 is 11.7. The van der Waals surface area contributed by atoms with Crippen molar-refractivity contribution in [2.24, 2.45) is 0 Å². The fraction of sp³-hybridized carbons (Fsp3) is 0.0625. The zero-order valence-corrected chi connectivity index (χ0v) is 14.3. The molecule has 1 aromatic heterocycles. The lowest BCUT2D eigenvalue weighted by atomic mass is 10.1.